The molecule has 1 aromatic carbocycles. The van der Waals surface area contributed by atoms with Gasteiger partial charge in [-0.2, -0.15) is 4.31 Å². The first-order valence-corrected chi connectivity index (χ1v) is 16.2. The van der Waals surface area contributed by atoms with Crippen molar-refractivity contribution in [3.05, 3.63) is 83.7 Å². The second kappa shape index (κ2) is 14.8. The van der Waals surface area contributed by atoms with E-state index in [1.807, 2.05) is 24.3 Å². The topological polar surface area (TPSA) is 119 Å². The van der Waals surface area contributed by atoms with Gasteiger partial charge in [0.15, 0.2) is 5.03 Å². The van der Waals surface area contributed by atoms with Crippen LogP contribution in [0.2, 0.25) is 0 Å². The zero-order chi connectivity index (χ0) is 32.5. The number of pyridine rings is 2. The van der Waals surface area contributed by atoms with Crippen LogP contribution in [0.4, 0.5) is 10.6 Å². The first kappa shape index (κ1) is 34.7. The van der Waals surface area contributed by atoms with Crippen molar-refractivity contribution in [2.24, 2.45) is 0 Å². The Labute approximate surface area is 261 Å². The molecule has 0 radical (unpaired) electrons. The molecule has 0 aliphatic rings. The maximum atomic E-state index is 13.8. The Kier molecular flexibility index (Phi) is 11.6. The molecular formula is C33H44N4O6S. The van der Waals surface area contributed by atoms with Gasteiger partial charge in [-0.05, 0) is 89.8 Å². The van der Waals surface area contributed by atoms with Crippen LogP contribution in [0, 0.1) is 0 Å². The number of benzene rings is 1. The number of aromatic nitrogens is 2. The summed E-state index contributed by atoms with van der Waals surface area (Å²) in [5, 5.41) is -0.0846. The molecule has 0 aliphatic heterocycles. The van der Waals surface area contributed by atoms with Gasteiger partial charge in [-0.25, -0.2) is 23.2 Å². The Hall–Kier alpha value is -3.83. The van der Waals surface area contributed by atoms with Gasteiger partial charge in [0.25, 0.3) is 10.0 Å². The second-order valence-electron chi connectivity index (χ2n) is 12.5. The third kappa shape index (κ3) is 10.7. The maximum absolute atomic E-state index is 13.8. The van der Waals surface area contributed by atoms with Gasteiger partial charge in [-0.3, -0.25) is 9.69 Å². The Bertz CT molecular complexity index is 1510. The van der Waals surface area contributed by atoms with Crippen LogP contribution in [0.3, 0.4) is 0 Å². The molecule has 3 rings (SSSR count). The van der Waals surface area contributed by atoms with Gasteiger partial charge in [-0.15, -0.1) is 0 Å². The number of nitrogens with zero attached hydrogens (tertiary/aromatic N) is 4. The monoisotopic (exact) mass is 624 g/mol. The standard InChI is InChI=1S/C33H44N4O6S/c1-8-9-14-25-15-12-16-26(21-25)22-36(44(40,41)29-19-10-11-20-34-29)23-27-17-13-18-28(35-27)37(31(39)43-33(5,6)7)24-30(38)42-32(2,3)4/h10-13,15-21H,8-9,14,22-24H2,1-7H3. The fourth-order valence-corrected chi connectivity index (χ4v) is 5.60. The number of rotatable bonds is 12. The van der Waals surface area contributed by atoms with Crippen LogP contribution in [0.1, 0.15) is 78.1 Å². The minimum absolute atomic E-state index is 0.0818. The zero-order valence-corrected chi connectivity index (χ0v) is 27.6. The van der Waals surface area contributed by atoms with E-state index >= 15 is 0 Å². The minimum Gasteiger partial charge on any atom is -0.459 e. The molecule has 2 aromatic heterocycles. The molecule has 0 unspecified atom stereocenters. The van der Waals surface area contributed by atoms with Crippen molar-refractivity contribution in [1.82, 2.24) is 14.3 Å². The number of hydrogen-bond donors (Lipinski definition) is 0. The molecule has 0 fully saturated rings. The molecule has 1 amide bonds. The van der Waals surface area contributed by atoms with Crippen molar-refractivity contribution < 1.29 is 27.5 Å². The molecule has 3 aromatic rings. The van der Waals surface area contributed by atoms with Crippen LogP contribution in [0.15, 0.2) is 71.9 Å². The Morgan fingerprint density at radius 1 is 0.841 bits per heavy atom. The fraction of sp³-hybridized carbons (Fsp3) is 0.455. The molecule has 0 bridgehead atoms. The highest BCUT2D eigenvalue weighted by Crippen LogP contribution is 2.23. The molecule has 0 spiro atoms. The predicted molar refractivity (Wildman–Crippen MR) is 169 cm³/mol. The van der Waals surface area contributed by atoms with Gasteiger partial charge in [0.05, 0.1) is 12.2 Å². The summed E-state index contributed by atoms with van der Waals surface area (Å²) in [6.07, 6.45) is 3.65. The van der Waals surface area contributed by atoms with Crippen molar-refractivity contribution in [2.75, 3.05) is 11.4 Å². The molecule has 0 aliphatic carbocycles. The number of anilines is 1. The SMILES string of the molecule is CCCCc1cccc(CN(Cc2cccc(N(CC(=O)OC(C)(C)C)C(=O)OC(C)(C)C)n2)S(=O)(=O)c2ccccn2)c1. The Morgan fingerprint density at radius 3 is 2.16 bits per heavy atom. The first-order valence-electron chi connectivity index (χ1n) is 14.7. The number of esters is 1. The largest absolute Gasteiger partial charge is 0.459 e. The summed E-state index contributed by atoms with van der Waals surface area (Å²) < 4.78 is 40.0. The number of ether oxygens (including phenoxy) is 2. The molecule has 10 nitrogen and oxygen atoms in total. The van der Waals surface area contributed by atoms with Crippen LogP contribution in [-0.2, 0) is 43.8 Å². The molecule has 0 saturated carbocycles. The van der Waals surface area contributed by atoms with E-state index in [0.29, 0.717) is 5.69 Å². The number of hydrogen-bond acceptors (Lipinski definition) is 8. The van der Waals surface area contributed by atoms with E-state index in [4.69, 9.17) is 9.47 Å². The van der Waals surface area contributed by atoms with Gasteiger partial charge in [0.2, 0.25) is 0 Å². The quantitative estimate of drug-likeness (QED) is 0.216. The molecule has 2 heterocycles. The highest BCUT2D eigenvalue weighted by Gasteiger charge is 2.30. The summed E-state index contributed by atoms with van der Waals surface area (Å²) in [6, 6.07) is 17.5. The van der Waals surface area contributed by atoms with E-state index in [0.717, 1.165) is 35.3 Å². The van der Waals surface area contributed by atoms with Crippen LogP contribution < -0.4 is 4.90 Å². The average Bonchev–Trinajstić information content (AvgIpc) is 2.93. The Balaban J connectivity index is 1.99. The lowest BCUT2D eigenvalue weighted by Gasteiger charge is -2.28. The van der Waals surface area contributed by atoms with Crippen molar-refractivity contribution in [3.8, 4) is 0 Å². The summed E-state index contributed by atoms with van der Waals surface area (Å²) in [6.45, 7) is 12.0. The van der Waals surface area contributed by atoms with Crippen LogP contribution in [0.5, 0.6) is 0 Å². The fourth-order valence-electron chi connectivity index (χ4n) is 4.27. The Morgan fingerprint density at radius 2 is 1.52 bits per heavy atom. The second-order valence-corrected chi connectivity index (χ2v) is 14.4. The summed E-state index contributed by atoms with van der Waals surface area (Å²) in [7, 11) is -4.04. The summed E-state index contributed by atoms with van der Waals surface area (Å²) in [4.78, 5) is 35.8. The summed E-state index contributed by atoms with van der Waals surface area (Å²) in [5.74, 6) is -0.516. The maximum Gasteiger partial charge on any atom is 0.416 e. The van der Waals surface area contributed by atoms with Crippen molar-refractivity contribution in [2.45, 2.75) is 97.0 Å². The zero-order valence-electron chi connectivity index (χ0n) is 26.7. The van der Waals surface area contributed by atoms with E-state index in [1.54, 1.807) is 71.9 Å². The molecule has 44 heavy (non-hydrogen) atoms. The molecule has 0 atom stereocenters. The number of unbranched alkanes of at least 4 members (excludes halogenated alkanes) is 1. The van der Waals surface area contributed by atoms with Gasteiger partial charge in [0.1, 0.15) is 23.6 Å². The minimum atomic E-state index is -4.04. The number of amides is 1. The van der Waals surface area contributed by atoms with E-state index in [-0.39, 0.29) is 23.9 Å². The van der Waals surface area contributed by atoms with Crippen LogP contribution in [0.25, 0.3) is 0 Å². The summed E-state index contributed by atoms with van der Waals surface area (Å²) >= 11 is 0. The van der Waals surface area contributed by atoms with E-state index < -0.39 is 39.8 Å². The number of sulfonamides is 1. The van der Waals surface area contributed by atoms with Gasteiger partial charge < -0.3 is 9.47 Å². The van der Waals surface area contributed by atoms with Crippen molar-refractivity contribution >= 4 is 27.9 Å². The smallest absolute Gasteiger partial charge is 0.416 e. The molecular weight excluding hydrogens is 580 g/mol. The lowest BCUT2D eigenvalue weighted by atomic mass is 10.1. The van der Waals surface area contributed by atoms with Gasteiger partial charge in [-0.1, -0.05) is 49.7 Å². The van der Waals surface area contributed by atoms with Gasteiger partial charge in [0, 0.05) is 12.7 Å². The average molecular weight is 625 g/mol. The highest BCUT2D eigenvalue weighted by atomic mass is 32.2. The highest BCUT2D eigenvalue weighted by molar-refractivity contribution is 7.89. The normalized spacial score (nSPS) is 12.2. The number of aryl methyl sites for hydroxylation is 1. The lowest BCUT2D eigenvalue weighted by Crippen LogP contribution is -2.42. The third-order valence-electron chi connectivity index (χ3n) is 6.14. The molecule has 0 N–H and O–H groups in total. The molecule has 11 heteroatoms. The van der Waals surface area contributed by atoms with E-state index in [1.165, 1.54) is 16.6 Å². The van der Waals surface area contributed by atoms with Crippen LogP contribution in [-0.4, -0.2) is 52.5 Å². The van der Waals surface area contributed by atoms with E-state index in [9.17, 15) is 18.0 Å². The first-order chi connectivity index (χ1) is 20.6. The van der Waals surface area contributed by atoms with Crippen molar-refractivity contribution in [3.63, 3.8) is 0 Å². The number of carbonyl (C=O) groups excluding carboxylic acids is 2. The third-order valence-corrected chi connectivity index (χ3v) is 7.85. The summed E-state index contributed by atoms with van der Waals surface area (Å²) in [5.41, 5.74) is 0.728. The predicted octanol–water partition coefficient (Wildman–Crippen LogP) is 6.29. The van der Waals surface area contributed by atoms with Crippen LogP contribution >= 0.6 is 0 Å². The van der Waals surface area contributed by atoms with E-state index in [2.05, 4.69) is 16.9 Å². The van der Waals surface area contributed by atoms with Gasteiger partial charge >= 0.3 is 12.1 Å². The molecule has 0 saturated heterocycles. The van der Waals surface area contributed by atoms with Crippen molar-refractivity contribution in [1.29, 1.82) is 0 Å². The number of carbonyl (C=O) groups is 2. The lowest BCUT2D eigenvalue weighted by molar-refractivity contribution is -0.153. The molecule has 238 valence electrons.